The molecule has 0 amide bonds. The second-order valence-electron chi connectivity index (χ2n) is 3.76. The maximum Gasteiger partial charge on any atom is 0.0462 e. The first-order valence-electron chi connectivity index (χ1n) is 5.57. The van der Waals surface area contributed by atoms with Gasteiger partial charge in [-0.3, -0.25) is 0 Å². The summed E-state index contributed by atoms with van der Waals surface area (Å²) in [6.45, 7) is 5.20. The first-order chi connectivity index (χ1) is 7.34. The molecule has 0 saturated carbocycles. The Bertz CT molecular complexity index is 265. The fourth-order valence-corrected chi connectivity index (χ4v) is 2.34. The fraction of sp³-hybridized carbons (Fsp3) is 0.667. The Hall–Kier alpha value is -0.0900. The van der Waals surface area contributed by atoms with E-state index in [4.69, 9.17) is 4.74 Å². The minimum Gasteiger partial charge on any atom is -0.385 e. The third-order valence-electron chi connectivity index (χ3n) is 2.46. The van der Waals surface area contributed by atoms with E-state index < -0.39 is 0 Å². The lowest BCUT2D eigenvalue weighted by atomic mass is 10.2. The van der Waals surface area contributed by atoms with E-state index in [2.05, 4.69) is 23.7 Å². The quantitative estimate of drug-likeness (QED) is 0.726. The van der Waals surface area contributed by atoms with Crippen LogP contribution in [-0.4, -0.2) is 20.3 Å². The van der Waals surface area contributed by atoms with Crippen molar-refractivity contribution in [3.05, 3.63) is 21.9 Å². The van der Waals surface area contributed by atoms with Gasteiger partial charge in [0.1, 0.15) is 0 Å². The molecule has 0 unspecified atom stereocenters. The molecule has 0 aliphatic rings. The Balaban J connectivity index is 0.00000225. The monoisotopic (exact) mass is 263 g/mol. The molecule has 0 aromatic carbocycles. The Morgan fingerprint density at radius 1 is 1.31 bits per heavy atom. The van der Waals surface area contributed by atoms with Gasteiger partial charge < -0.3 is 10.1 Å². The Morgan fingerprint density at radius 3 is 2.75 bits per heavy atom. The van der Waals surface area contributed by atoms with Gasteiger partial charge in [-0.05, 0) is 49.7 Å². The van der Waals surface area contributed by atoms with Crippen LogP contribution in [0.25, 0.3) is 0 Å². The van der Waals surface area contributed by atoms with Gasteiger partial charge in [0.2, 0.25) is 0 Å². The zero-order valence-corrected chi connectivity index (χ0v) is 11.8. The number of thiophene rings is 1. The number of halogens is 1. The lowest BCUT2D eigenvalue weighted by Crippen LogP contribution is -2.14. The van der Waals surface area contributed by atoms with Gasteiger partial charge in [0.25, 0.3) is 0 Å². The van der Waals surface area contributed by atoms with Crippen molar-refractivity contribution in [1.82, 2.24) is 5.32 Å². The van der Waals surface area contributed by atoms with Crippen LogP contribution in [0.4, 0.5) is 0 Å². The van der Waals surface area contributed by atoms with Gasteiger partial charge in [-0.15, -0.1) is 23.7 Å². The van der Waals surface area contributed by atoms with Crippen LogP contribution >= 0.6 is 23.7 Å². The van der Waals surface area contributed by atoms with Crippen LogP contribution in [0, 0.1) is 6.92 Å². The van der Waals surface area contributed by atoms with Crippen LogP contribution in [0.1, 0.15) is 29.7 Å². The first kappa shape index (κ1) is 15.9. The molecule has 0 radical (unpaired) electrons. The van der Waals surface area contributed by atoms with Crippen molar-refractivity contribution in [3.63, 3.8) is 0 Å². The molecule has 1 aromatic heterocycles. The maximum absolute atomic E-state index is 5.00. The average molecular weight is 264 g/mol. The number of nitrogens with one attached hydrogen (secondary N) is 1. The van der Waals surface area contributed by atoms with Crippen molar-refractivity contribution < 1.29 is 4.74 Å². The van der Waals surface area contributed by atoms with Gasteiger partial charge in [0.05, 0.1) is 0 Å². The topological polar surface area (TPSA) is 21.3 Å². The molecule has 0 spiro atoms. The average Bonchev–Trinajstić information content (AvgIpc) is 2.63. The van der Waals surface area contributed by atoms with Gasteiger partial charge >= 0.3 is 0 Å². The van der Waals surface area contributed by atoms with Crippen molar-refractivity contribution in [2.75, 3.05) is 20.3 Å². The van der Waals surface area contributed by atoms with Crippen LogP contribution in [0.15, 0.2) is 11.4 Å². The van der Waals surface area contributed by atoms with E-state index in [0.717, 1.165) is 19.7 Å². The smallest absolute Gasteiger partial charge is 0.0462 e. The van der Waals surface area contributed by atoms with Crippen molar-refractivity contribution in [3.8, 4) is 0 Å². The normalized spacial score (nSPS) is 10.1. The van der Waals surface area contributed by atoms with Crippen LogP contribution in [-0.2, 0) is 11.3 Å². The van der Waals surface area contributed by atoms with E-state index in [0.29, 0.717) is 0 Å². The fourth-order valence-electron chi connectivity index (χ4n) is 1.46. The molecule has 0 atom stereocenters. The highest BCUT2D eigenvalue weighted by molar-refractivity contribution is 7.10. The summed E-state index contributed by atoms with van der Waals surface area (Å²) in [7, 11) is 1.76. The number of rotatable bonds is 8. The molecular weight excluding hydrogens is 242 g/mol. The molecule has 0 saturated heterocycles. The number of hydrogen-bond acceptors (Lipinski definition) is 3. The van der Waals surface area contributed by atoms with Crippen LogP contribution in [0.3, 0.4) is 0 Å². The third kappa shape index (κ3) is 6.48. The number of aryl methyl sites for hydroxylation is 1. The van der Waals surface area contributed by atoms with Crippen LogP contribution in [0.5, 0.6) is 0 Å². The van der Waals surface area contributed by atoms with Crippen molar-refractivity contribution >= 4 is 23.7 Å². The summed E-state index contributed by atoms with van der Waals surface area (Å²) in [6, 6.07) is 2.18. The minimum atomic E-state index is 0. The predicted octanol–water partition coefficient (Wildman–Crippen LogP) is 3.38. The number of methoxy groups -OCH3 is 1. The Labute approximate surface area is 109 Å². The lowest BCUT2D eigenvalue weighted by molar-refractivity contribution is 0.192. The highest BCUT2D eigenvalue weighted by Gasteiger charge is 1.97. The van der Waals surface area contributed by atoms with Crippen molar-refractivity contribution in [2.45, 2.75) is 32.7 Å². The minimum absolute atomic E-state index is 0. The summed E-state index contributed by atoms with van der Waals surface area (Å²) in [5, 5.41) is 5.63. The van der Waals surface area contributed by atoms with Gasteiger partial charge in [-0.1, -0.05) is 0 Å². The highest BCUT2D eigenvalue weighted by atomic mass is 35.5. The molecule has 16 heavy (non-hydrogen) atoms. The first-order valence-corrected chi connectivity index (χ1v) is 6.45. The van der Waals surface area contributed by atoms with Crippen LogP contribution in [0.2, 0.25) is 0 Å². The molecule has 1 N–H and O–H groups in total. The molecule has 0 aliphatic carbocycles. The Morgan fingerprint density at radius 2 is 2.12 bits per heavy atom. The summed E-state index contributed by atoms with van der Waals surface area (Å²) in [4.78, 5) is 1.46. The number of hydrogen-bond donors (Lipinski definition) is 1. The molecule has 1 heterocycles. The van der Waals surface area contributed by atoms with Gasteiger partial charge in [-0.25, -0.2) is 0 Å². The Kier molecular flexibility index (Phi) is 10.0. The summed E-state index contributed by atoms with van der Waals surface area (Å²) in [5.74, 6) is 0. The largest absolute Gasteiger partial charge is 0.385 e. The SMILES string of the molecule is COCCCCCNCc1sccc1C.Cl. The van der Waals surface area contributed by atoms with E-state index >= 15 is 0 Å². The van der Waals surface area contributed by atoms with E-state index in [9.17, 15) is 0 Å². The predicted molar refractivity (Wildman–Crippen MR) is 73.7 cm³/mol. The molecular formula is C12H22ClNOS. The molecule has 1 aromatic rings. The van der Waals surface area contributed by atoms with Crippen molar-refractivity contribution in [2.24, 2.45) is 0 Å². The van der Waals surface area contributed by atoms with E-state index in [1.165, 1.54) is 29.7 Å². The van der Waals surface area contributed by atoms with Crippen LogP contribution < -0.4 is 5.32 Å². The summed E-state index contributed by atoms with van der Waals surface area (Å²) < 4.78 is 5.00. The zero-order chi connectivity index (χ0) is 10.9. The van der Waals surface area contributed by atoms with E-state index in [1.54, 1.807) is 7.11 Å². The molecule has 0 fully saturated rings. The van der Waals surface area contributed by atoms with Gasteiger partial charge in [0.15, 0.2) is 0 Å². The third-order valence-corrected chi connectivity index (χ3v) is 3.48. The van der Waals surface area contributed by atoms with E-state index in [-0.39, 0.29) is 12.4 Å². The zero-order valence-electron chi connectivity index (χ0n) is 10.1. The maximum atomic E-state index is 5.00. The standard InChI is InChI=1S/C12H21NOS.ClH/c1-11-6-9-15-12(11)10-13-7-4-3-5-8-14-2;/h6,9,13H,3-5,7-8,10H2,1-2H3;1H. The second-order valence-corrected chi connectivity index (χ2v) is 4.76. The van der Waals surface area contributed by atoms with Gasteiger partial charge in [0, 0.05) is 25.1 Å². The summed E-state index contributed by atoms with van der Waals surface area (Å²) in [5.41, 5.74) is 1.41. The highest BCUT2D eigenvalue weighted by Crippen LogP contribution is 2.14. The summed E-state index contributed by atoms with van der Waals surface area (Å²) in [6.07, 6.45) is 3.67. The van der Waals surface area contributed by atoms with E-state index in [1.807, 2.05) is 11.3 Å². The summed E-state index contributed by atoms with van der Waals surface area (Å²) >= 11 is 1.84. The number of unbranched alkanes of at least 4 members (excludes halogenated alkanes) is 2. The molecule has 0 bridgehead atoms. The van der Waals surface area contributed by atoms with Gasteiger partial charge in [-0.2, -0.15) is 0 Å². The van der Waals surface area contributed by atoms with Crippen molar-refractivity contribution in [1.29, 1.82) is 0 Å². The molecule has 0 aliphatic heterocycles. The molecule has 1 rings (SSSR count). The molecule has 2 nitrogen and oxygen atoms in total. The molecule has 4 heteroatoms. The molecule has 94 valence electrons. The number of ether oxygens (including phenoxy) is 1. The second kappa shape index (κ2) is 10.1. The lowest BCUT2D eigenvalue weighted by Gasteiger charge is -2.04.